The van der Waals surface area contributed by atoms with Crippen LogP contribution in [0.4, 0.5) is 15.8 Å². The molecule has 0 radical (unpaired) electrons. The highest BCUT2D eigenvalue weighted by atomic mass is 19.1. The molecule has 0 amide bonds. The Morgan fingerprint density at radius 2 is 2.06 bits per heavy atom. The quantitative estimate of drug-likeness (QED) is 0.749. The first-order chi connectivity index (χ1) is 7.46. The van der Waals surface area contributed by atoms with E-state index in [1.54, 1.807) is 12.1 Å². The molecule has 0 unspecified atom stereocenters. The molecular formula is C13H21FN2. The average Bonchev–Trinajstić information content (AvgIpc) is 2.20. The molecule has 1 rings (SSSR count). The van der Waals surface area contributed by atoms with Crippen molar-refractivity contribution >= 4 is 11.4 Å². The largest absolute Gasteiger partial charge is 0.395 e. The van der Waals surface area contributed by atoms with Crippen LogP contribution in [0.1, 0.15) is 33.6 Å². The molecule has 0 bridgehead atoms. The van der Waals surface area contributed by atoms with Gasteiger partial charge in [-0.2, -0.15) is 0 Å². The maximum Gasteiger partial charge on any atom is 0.148 e. The van der Waals surface area contributed by atoms with Crippen LogP contribution in [0.3, 0.4) is 0 Å². The van der Waals surface area contributed by atoms with Crippen LogP contribution in [-0.2, 0) is 0 Å². The van der Waals surface area contributed by atoms with Gasteiger partial charge < -0.3 is 11.1 Å². The van der Waals surface area contributed by atoms with Crippen molar-refractivity contribution in [1.29, 1.82) is 0 Å². The fraction of sp³-hybridized carbons (Fsp3) is 0.538. The van der Waals surface area contributed by atoms with Gasteiger partial charge in [-0.15, -0.1) is 0 Å². The molecule has 0 aliphatic carbocycles. The van der Waals surface area contributed by atoms with Gasteiger partial charge in [0.15, 0.2) is 0 Å². The Morgan fingerprint density at radius 1 is 1.38 bits per heavy atom. The zero-order valence-electron chi connectivity index (χ0n) is 10.3. The molecule has 0 saturated carbocycles. The van der Waals surface area contributed by atoms with Crippen molar-refractivity contribution in [3.63, 3.8) is 0 Å². The first kappa shape index (κ1) is 12.8. The van der Waals surface area contributed by atoms with Crippen LogP contribution in [0.2, 0.25) is 0 Å². The third-order valence-electron chi connectivity index (χ3n) is 2.74. The van der Waals surface area contributed by atoms with Gasteiger partial charge in [0.05, 0.1) is 11.4 Å². The van der Waals surface area contributed by atoms with Crippen molar-refractivity contribution in [2.75, 3.05) is 17.6 Å². The minimum absolute atomic E-state index is 0.202. The van der Waals surface area contributed by atoms with Crippen molar-refractivity contribution < 1.29 is 4.39 Å². The summed E-state index contributed by atoms with van der Waals surface area (Å²) in [6.45, 7) is 7.35. The standard InChI is InChI=1S/C13H21FN2/c1-4-8-13(2,3)9-16-11-7-5-6-10(14)12(11)15/h5-7,16H,4,8-9,15H2,1-3H3. The van der Waals surface area contributed by atoms with Gasteiger partial charge in [0.1, 0.15) is 5.82 Å². The molecule has 3 heteroatoms. The number of rotatable bonds is 5. The van der Waals surface area contributed by atoms with Crippen molar-refractivity contribution in [2.24, 2.45) is 5.41 Å². The molecule has 0 heterocycles. The van der Waals surface area contributed by atoms with Gasteiger partial charge >= 0.3 is 0 Å². The minimum atomic E-state index is -0.363. The van der Waals surface area contributed by atoms with Crippen LogP contribution in [0.5, 0.6) is 0 Å². The zero-order chi connectivity index (χ0) is 12.2. The number of para-hydroxylation sites is 1. The lowest BCUT2D eigenvalue weighted by atomic mass is 9.88. The van der Waals surface area contributed by atoms with Crippen molar-refractivity contribution in [3.05, 3.63) is 24.0 Å². The number of anilines is 2. The molecule has 3 N–H and O–H groups in total. The van der Waals surface area contributed by atoms with E-state index in [0.29, 0.717) is 5.69 Å². The molecule has 16 heavy (non-hydrogen) atoms. The van der Waals surface area contributed by atoms with Gasteiger partial charge in [0.2, 0.25) is 0 Å². The van der Waals surface area contributed by atoms with E-state index >= 15 is 0 Å². The maximum atomic E-state index is 13.2. The lowest BCUT2D eigenvalue weighted by molar-refractivity contribution is 0.354. The summed E-state index contributed by atoms with van der Waals surface area (Å²) in [7, 11) is 0. The smallest absolute Gasteiger partial charge is 0.148 e. The summed E-state index contributed by atoms with van der Waals surface area (Å²) < 4.78 is 13.2. The molecule has 0 aromatic heterocycles. The predicted molar refractivity (Wildman–Crippen MR) is 68.0 cm³/mol. The first-order valence-electron chi connectivity index (χ1n) is 5.74. The molecule has 2 nitrogen and oxygen atoms in total. The van der Waals surface area contributed by atoms with E-state index in [1.165, 1.54) is 6.07 Å². The van der Waals surface area contributed by atoms with E-state index in [4.69, 9.17) is 5.73 Å². The Balaban J connectivity index is 2.64. The second kappa shape index (κ2) is 5.19. The molecule has 1 aromatic carbocycles. The van der Waals surface area contributed by atoms with Crippen LogP contribution in [-0.4, -0.2) is 6.54 Å². The van der Waals surface area contributed by atoms with Crippen LogP contribution >= 0.6 is 0 Å². The highest BCUT2D eigenvalue weighted by Crippen LogP contribution is 2.26. The summed E-state index contributed by atoms with van der Waals surface area (Å²) in [5.74, 6) is -0.363. The van der Waals surface area contributed by atoms with Crippen molar-refractivity contribution in [2.45, 2.75) is 33.6 Å². The Bertz CT molecular complexity index is 348. The number of nitrogens with two attached hydrogens (primary N) is 1. The molecule has 0 saturated heterocycles. The van der Waals surface area contributed by atoms with Crippen molar-refractivity contribution in [3.8, 4) is 0 Å². The summed E-state index contributed by atoms with van der Waals surface area (Å²) in [5, 5.41) is 3.21. The zero-order valence-corrected chi connectivity index (χ0v) is 10.3. The molecule has 0 fully saturated rings. The Labute approximate surface area is 97.0 Å². The minimum Gasteiger partial charge on any atom is -0.395 e. The fourth-order valence-electron chi connectivity index (χ4n) is 1.79. The molecule has 0 atom stereocenters. The number of benzene rings is 1. The SMILES string of the molecule is CCCC(C)(C)CNc1cccc(F)c1N. The third-order valence-corrected chi connectivity index (χ3v) is 2.74. The number of nitrogen functional groups attached to an aromatic ring is 1. The van der Waals surface area contributed by atoms with Crippen LogP contribution < -0.4 is 11.1 Å². The number of nitrogens with one attached hydrogen (secondary N) is 1. The van der Waals surface area contributed by atoms with E-state index in [1.807, 2.05) is 0 Å². The van der Waals surface area contributed by atoms with Gasteiger partial charge in [-0.3, -0.25) is 0 Å². The normalized spacial score (nSPS) is 11.5. The summed E-state index contributed by atoms with van der Waals surface area (Å²) in [4.78, 5) is 0. The monoisotopic (exact) mass is 224 g/mol. The molecule has 1 aromatic rings. The molecule has 0 aliphatic rings. The van der Waals surface area contributed by atoms with Crippen molar-refractivity contribution in [1.82, 2.24) is 0 Å². The molecular weight excluding hydrogens is 203 g/mol. The van der Waals surface area contributed by atoms with E-state index in [2.05, 4.69) is 26.1 Å². The van der Waals surface area contributed by atoms with Gasteiger partial charge in [0, 0.05) is 6.54 Å². The topological polar surface area (TPSA) is 38.0 Å². The fourth-order valence-corrected chi connectivity index (χ4v) is 1.79. The van der Waals surface area contributed by atoms with E-state index < -0.39 is 0 Å². The number of hydrogen-bond acceptors (Lipinski definition) is 2. The van der Waals surface area contributed by atoms with E-state index in [-0.39, 0.29) is 16.9 Å². The second-order valence-corrected chi connectivity index (χ2v) is 4.97. The Kier molecular flexibility index (Phi) is 4.16. The summed E-state index contributed by atoms with van der Waals surface area (Å²) in [6, 6.07) is 4.85. The van der Waals surface area contributed by atoms with Gasteiger partial charge in [-0.25, -0.2) is 4.39 Å². The molecule has 0 spiro atoms. The lowest BCUT2D eigenvalue weighted by Crippen LogP contribution is -2.23. The van der Waals surface area contributed by atoms with Gasteiger partial charge in [-0.1, -0.05) is 33.3 Å². The Morgan fingerprint density at radius 3 is 2.69 bits per heavy atom. The molecule has 90 valence electrons. The highest BCUT2D eigenvalue weighted by Gasteiger charge is 2.16. The summed E-state index contributed by atoms with van der Waals surface area (Å²) >= 11 is 0. The Hall–Kier alpha value is -1.25. The first-order valence-corrected chi connectivity index (χ1v) is 5.74. The number of hydrogen-bond donors (Lipinski definition) is 2. The summed E-state index contributed by atoms with van der Waals surface area (Å²) in [5.41, 5.74) is 6.74. The van der Waals surface area contributed by atoms with E-state index in [9.17, 15) is 4.39 Å². The average molecular weight is 224 g/mol. The number of halogens is 1. The lowest BCUT2D eigenvalue weighted by Gasteiger charge is -2.25. The third kappa shape index (κ3) is 3.40. The van der Waals surface area contributed by atoms with Gasteiger partial charge in [0.25, 0.3) is 0 Å². The van der Waals surface area contributed by atoms with Gasteiger partial charge in [-0.05, 0) is 24.0 Å². The predicted octanol–water partition coefficient (Wildman–Crippen LogP) is 3.65. The van der Waals surface area contributed by atoms with Crippen LogP contribution in [0.15, 0.2) is 18.2 Å². The maximum absolute atomic E-state index is 13.2. The van der Waals surface area contributed by atoms with E-state index in [0.717, 1.165) is 19.4 Å². The van der Waals surface area contributed by atoms with Crippen LogP contribution in [0.25, 0.3) is 0 Å². The highest BCUT2D eigenvalue weighted by molar-refractivity contribution is 5.66. The van der Waals surface area contributed by atoms with Crippen LogP contribution in [0, 0.1) is 11.2 Å². The molecule has 0 aliphatic heterocycles. The second-order valence-electron chi connectivity index (χ2n) is 4.97. The summed E-state index contributed by atoms with van der Waals surface area (Å²) in [6.07, 6.45) is 2.28.